The van der Waals surface area contributed by atoms with Crippen LogP contribution >= 0.6 is 0 Å². The molecular formula is C22H26F3O5-. The number of carbonyl (C=O) groups is 2. The van der Waals surface area contributed by atoms with Gasteiger partial charge in [-0.15, -0.1) is 0 Å². The lowest BCUT2D eigenvalue weighted by Gasteiger charge is -2.35. The maximum Gasteiger partial charge on any atom is 0.338 e. The SMILES string of the molecule is CC1(Oc2cc(C(=O)OC(C3CCCCC3)C(F)(F)C(=O)[O-])ccc2F)CCCC1. The van der Waals surface area contributed by atoms with Gasteiger partial charge in [0.2, 0.25) is 0 Å². The number of carboxylic acid groups (broad SMARTS) is 1. The van der Waals surface area contributed by atoms with Crippen LogP contribution in [0, 0.1) is 11.7 Å². The third-order valence-electron chi connectivity index (χ3n) is 6.13. The minimum Gasteiger partial charge on any atom is -0.544 e. The third-order valence-corrected chi connectivity index (χ3v) is 6.13. The lowest BCUT2D eigenvalue weighted by Crippen LogP contribution is -2.54. The van der Waals surface area contributed by atoms with E-state index in [9.17, 15) is 27.9 Å². The maximum atomic E-state index is 14.3. The van der Waals surface area contributed by atoms with E-state index < -0.39 is 41.3 Å². The van der Waals surface area contributed by atoms with Crippen molar-refractivity contribution in [3.63, 3.8) is 0 Å². The molecule has 1 atom stereocenters. The molecule has 8 heteroatoms. The highest BCUT2D eigenvalue weighted by atomic mass is 19.3. The van der Waals surface area contributed by atoms with Crippen LogP contribution in [-0.2, 0) is 9.53 Å². The predicted octanol–water partition coefficient (Wildman–Crippen LogP) is 4.03. The van der Waals surface area contributed by atoms with Crippen LogP contribution < -0.4 is 9.84 Å². The predicted molar refractivity (Wildman–Crippen MR) is 99.6 cm³/mol. The molecule has 2 aliphatic carbocycles. The summed E-state index contributed by atoms with van der Waals surface area (Å²) in [6.07, 6.45) is 4.04. The molecule has 0 N–H and O–H groups in total. The van der Waals surface area contributed by atoms with Crippen molar-refractivity contribution in [3.8, 4) is 5.75 Å². The van der Waals surface area contributed by atoms with Gasteiger partial charge >= 0.3 is 11.9 Å². The fraction of sp³-hybridized carbons (Fsp3) is 0.636. The molecule has 1 aromatic rings. The molecule has 2 saturated carbocycles. The number of carboxylic acids is 1. The summed E-state index contributed by atoms with van der Waals surface area (Å²) in [4.78, 5) is 23.6. The second kappa shape index (κ2) is 8.86. The molecule has 0 aliphatic heterocycles. The molecule has 0 radical (unpaired) electrons. The van der Waals surface area contributed by atoms with E-state index in [-0.39, 0.29) is 11.3 Å². The number of alkyl halides is 2. The number of hydrogen-bond donors (Lipinski definition) is 0. The Balaban J connectivity index is 1.81. The van der Waals surface area contributed by atoms with E-state index in [1.54, 1.807) is 0 Å². The Morgan fingerprint density at radius 1 is 1.13 bits per heavy atom. The van der Waals surface area contributed by atoms with Crippen molar-refractivity contribution in [1.29, 1.82) is 0 Å². The Hall–Kier alpha value is -2.25. The van der Waals surface area contributed by atoms with Crippen LogP contribution in [0.15, 0.2) is 18.2 Å². The first-order chi connectivity index (χ1) is 14.1. The lowest BCUT2D eigenvalue weighted by molar-refractivity contribution is -0.337. The fourth-order valence-corrected chi connectivity index (χ4v) is 4.40. The molecule has 0 spiro atoms. The Morgan fingerprint density at radius 3 is 2.37 bits per heavy atom. The van der Waals surface area contributed by atoms with Gasteiger partial charge in [0, 0.05) is 5.92 Å². The Labute approximate surface area is 173 Å². The summed E-state index contributed by atoms with van der Waals surface area (Å²) in [6.45, 7) is 1.85. The number of hydrogen-bond acceptors (Lipinski definition) is 5. The van der Waals surface area contributed by atoms with Gasteiger partial charge in [-0.1, -0.05) is 19.3 Å². The van der Waals surface area contributed by atoms with Gasteiger partial charge in [0.05, 0.1) is 5.56 Å². The number of ether oxygens (including phenoxy) is 2. The summed E-state index contributed by atoms with van der Waals surface area (Å²) in [6, 6.07) is 3.24. The molecule has 0 heterocycles. The molecule has 166 valence electrons. The van der Waals surface area contributed by atoms with Crippen molar-refractivity contribution in [2.24, 2.45) is 5.92 Å². The quantitative estimate of drug-likeness (QED) is 0.614. The van der Waals surface area contributed by atoms with Gasteiger partial charge < -0.3 is 19.4 Å². The van der Waals surface area contributed by atoms with Crippen LogP contribution in [0.3, 0.4) is 0 Å². The molecule has 0 saturated heterocycles. The number of rotatable bonds is 7. The van der Waals surface area contributed by atoms with Crippen LogP contribution in [0.4, 0.5) is 13.2 Å². The van der Waals surface area contributed by atoms with Crippen molar-refractivity contribution in [3.05, 3.63) is 29.6 Å². The maximum absolute atomic E-state index is 14.3. The number of aliphatic carboxylic acids is 1. The minimum absolute atomic E-state index is 0.158. The second-order valence-corrected chi connectivity index (χ2v) is 8.54. The van der Waals surface area contributed by atoms with Crippen LogP contribution in [0.5, 0.6) is 5.75 Å². The first-order valence-corrected chi connectivity index (χ1v) is 10.4. The zero-order valence-corrected chi connectivity index (χ0v) is 16.9. The van der Waals surface area contributed by atoms with Crippen LogP contribution in [0.2, 0.25) is 0 Å². The Bertz CT molecular complexity index is 783. The molecule has 0 aromatic heterocycles. The van der Waals surface area contributed by atoms with Crippen molar-refractivity contribution in [2.75, 3.05) is 0 Å². The van der Waals surface area contributed by atoms with E-state index in [0.29, 0.717) is 25.7 Å². The number of halogens is 3. The first-order valence-electron chi connectivity index (χ1n) is 10.4. The molecule has 1 aromatic carbocycles. The Morgan fingerprint density at radius 2 is 1.77 bits per heavy atom. The van der Waals surface area contributed by atoms with E-state index in [4.69, 9.17) is 9.47 Å². The average Bonchev–Trinajstić information content (AvgIpc) is 3.14. The second-order valence-electron chi connectivity index (χ2n) is 8.54. The van der Waals surface area contributed by atoms with Gasteiger partial charge in [-0.25, -0.2) is 9.18 Å². The zero-order chi connectivity index (χ0) is 21.9. The molecule has 1 unspecified atom stereocenters. The van der Waals surface area contributed by atoms with E-state index in [2.05, 4.69) is 0 Å². The number of carbonyl (C=O) groups excluding carboxylic acids is 2. The van der Waals surface area contributed by atoms with Gasteiger partial charge in [0.1, 0.15) is 11.6 Å². The van der Waals surface area contributed by atoms with Gasteiger partial charge in [0.15, 0.2) is 17.7 Å². The molecule has 2 aliphatic rings. The summed E-state index contributed by atoms with van der Waals surface area (Å²) in [5.41, 5.74) is -0.737. The molecule has 30 heavy (non-hydrogen) atoms. The highest BCUT2D eigenvalue weighted by molar-refractivity contribution is 5.90. The normalized spacial score (nSPS) is 20.5. The van der Waals surface area contributed by atoms with Crippen molar-refractivity contribution in [1.82, 2.24) is 0 Å². The monoisotopic (exact) mass is 427 g/mol. The van der Waals surface area contributed by atoms with Gasteiger partial charge in [-0.2, -0.15) is 8.78 Å². The van der Waals surface area contributed by atoms with Crippen molar-refractivity contribution in [2.45, 2.75) is 82.3 Å². The third kappa shape index (κ3) is 4.90. The molecular weight excluding hydrogens is 401 g/mol. The first kappa shape index (κ1) is 22.4. The van der Waals surface area contributed by atoms with E-state index in [0.717, 1.165) is 50.3 Å². The molecule has 3 rings (SSSR count). The van der Waals surface area contributed by atoms with Crippen LogP contribution in [0.1, 0.15) is 75.1 Å². The van der Waals surface area contributed by atoms with Gasteiger partial charge in [-0.05, 0) is 63.6 Å². The molecule has 5 nitrogen and oxygen atoms in total. The summed E-state index contributed by atoms with van der Waals surface area (Å²) in [7, 11) is 0. The van der Waals surface area contributed by atoms with Crippen molar-refractivity contribution < 1.29 is 37.3 Å². The highest BCUT2D eigenvalue weighted by Crippen LogP contribution is 2.37. The van der Waals surface area contributed by atoms with E-state index >= 15 is 0 Å². The largest absolute Gasteiger partial charge is 0.544 e. The fourth-order valence-electron chi connectivity index (χ4n) is 4.40. The number of esters is 1. The summed E-state index contributed by atoms with van der Waals surface area (Å²) in [5.74, 6) is -9.67. The topological polar surface area (TPSA) is 75.7 Å². The Kier molecular flexibility index (Phi) is 6.62. The van der Waals surface area contributed by atoms with E-state index in [1.165, 1.54) is 0 Å². The summed E-state index contributed by atoms with van der Waals surface area (Å²) in [5, 5.41) is 11.0. The lowest BCUT2D eigenvalue weighted by atomic mass is 9.83. The smallest absolute Gasteiger partial charge is 0.338 e. The molecule has 2 fully saturated rings. The van der Waals surface area contributed by atoms with Gasteiger partial charge in [0.25, 0.3) is 0 Å². The minimum atomic E-state index is -4.33. The standard InChI is InChI=1S/C22H27F3O5/c1-21(11-5-6-12-21)30-17-13-15(9-10-16(17)23)19(26)29-18(22(24,25)20(27)28)14-7-3-2-4-8-14/h9-10,13-14,18H,2-8,11-12H2,1H3,(H,27,28)/p-1. The summed E-state index contributed by atoms with van der Waals surface area (Å²) < 4.78 is 53.6. The summed E-state index contributed by atoms with van der Waals surface area (Å²) >= 11 is 0. The highest BCUT2D eigenvalue weighted by Gasteiger charge is 2.48. The molecule has 0 amide bonds. The van der Waals surface area contributed by atoms with E-state index in [1.807, 2.05) is 6.92 Å². The molecule has 0 bridgehead atoms. The average molecular weight is 427 g/mol. The van der Waals surface area contributed by atoms with Crippen LogP contribution in [-0.4, -0.2) is 29.6 Å². The zero-order valence-electron chi connectivity index (χ0n) is 16.9. The van der Waals surface area contributed by atoms with Crippen LogP contribution in [0.25, 0.3) is 0 Å². The number of benzene rings is 1. The van der Waals surface area contributed by atoms with Crippen molar-refractivity contribution >= 4 is 11.9 Å². The van der Waals surface area contributed by atoms with Gasteiger partial charge in [-0.3, -0.25) is 0 Å².